The Morgan fingerprint density at radius 3 is 1.26 bits per heavy atom. The number of halogens is 2. The summed E-state index contributed by atoms with van der Waals surface area (Å²) in [7, 11) is -9.89. The zero-order valence-electron chi connectivity index (χ0n) is 29.5. The molecule has 3 aliphatic heterocycles. The van der Waals surface area contributed by atoms with Gasteiger partial charge in [-0.05, 0) is 87.3 Å². The van der Waals surface area contributed by atoms with Crippen molar-refractivity contribution in [2.75, 3.05) is 52.4 Å². The normalized spacial score (nSPS) is 18.3. The second-order valence-corrected chi connectivity index (χ2v) is 13.7. The number of nitrogens with one attached hydrogen (secondary N) is 2. The third-order valence-corrected chi connectivity index (χ3v) is 7.90. The first-order valence-corrected chi connectivity index (χ1v) is 18.8. The van der Waals surface area contributed by atoms with Gasteiger partial charge < -0.3 is 20.8 Å². The van der Waals surface area contributed by atoms with Crippen LogP contribution in [0.25, 0.3) is 0 Å². The predicted molar refractivity (Wildman–Crippen MR) is 168 cm³/mol. The first-order chi connectivity index (χ1) is 24.5. The standard InChI is InChI=1S/C34H44N6O2.2ClHO4.2Cu/c1-25-17-27-21-37-31-7-3-4-8-32(31)38-22-28-18-26(2)20-30(34(28)42)24-40-14-6-10-35-11-15-39(13-5-9-36-12-16-40)23-29(19-25)33(27)41;2*2-1(3,4)5;;/h3-4,7-8,17-22,35-36,41-42H,5-6,9-16,23-24H2,1-2H3;2*(H,2,3,4,5);;/q;;;2*+2/p-4. The van der Waals surface area contributed by atoms with Gasteiger partial charge in [0, 0.05) is 51.7 Å². The van der Waals surface area contributed by atoms with E-state index in [0.717, 1.165) is 87.5 Å². The molecule has 3 aliphatic rings. The molecule has 0 spiro atoms. The van der Waals surface area contributed by atoms with Crippen LogP contribution in [-0.4, -0.2) is 74.6 Å². The molecule has 2 atom stereocenters. The first kappa shape index (κ1) is 49.8. The second kappa shape index (κ2) is 24.4. The van der Waals surface area contributed by atoms with Crippen molar-refractivity contribution in [2.24, 2.45) is 9.98 Å². The number of aliphatic imine (C=N–C) groups is 2. The average molecular weight is 893 g/mol. The van der Waals surface area contributed by atoms with E-state index < -0.39 is 20.5 Å². The molecule has 304 valence electrons. The second-order valence-electron chi connectivity index (χ2n) is 12.2. The number of fused-ring (bicyclic) bond motifs is 10. The van der Waals surface area contributed by atoms with E-state index in [9.17, 15) is 10.2 Å². The van der Waals surface area contributed by atoms with Gasteiger partial charge in [0.15, 0.2) is 0 Å². The van der Waals surface area contributed by atoms with Crippen LogP contribution in [0.3, 0.4) is 0 Å². The smallest absolute Gasteiger partial charge is 0.872 e. The van der Waals surface area contributed by atoms with E-state index >= 15 is 0 Å². The van der Waals surface area contributed by atoms with Gasteiger partial charge in [0.25, 0.3) is 0 Å². The number of rotatable bonds is 0. The first-order valence-electron chi connectivity index (χ1n) is 16.3. The van der Waals surface area contributed by atoms with E-state index in [4.69, 9.17) is 37.3 Å². The number of aryl methyl sites for hydroxylation is 2. The van der Waals surface area contributed by atoms with E-state index in [1.165, 1.54) is 0 Å². The van der Waals surface area contributed by atoms with Crippen LogP contribution in [0, 0.1) is 34.3 Å². The summed E-state index contributed by atoms with van der Waals surface area (Å²) in [6, 6.07) is 15.4. The Kier molecular flexibility index (Phi) is 22.5. The van der Waals surface area contributed by atoms with Crippen LogP contribution in [0.15, 0.2) is 58.5 Å². The summed E-state index contributed by atoms with van der Waals surface area (Å²) >= 11 is 0. The predicted octanol–water partition coefficient (Wildman–Crippen LogP) is -5.97. The molecular formula is C34H42Cl2Cu2N6O10. The maximum absolute atomic E-state index is 13.6. The third kappa shape index (κ3) is 20.1. The van der Waals surface area contributed by atoms with Crippen LogP contribution in [0.5, 0.6) is 11.5 Å². The van der Waals surface area contributed by atoms with Crippen LogP contribution < -0.4 is 58.1 Å². The number of nitrogens with zero attached hydrogens (tertiary/aromatic N) is 4. The number of hydrogen-bond acceptors (Lipinski definition) is 16. The molecular weight excluding hydrogens is 850 g/mol. The Balaban J connectivity index is 0.00000108. The molecule has 3 aromatic carbocycles. The van der Waals surface area contributed by atoms with E-state index in [-0.39, 0.29) is 45.6 Å². The van der Waals surface area contributed by atoms with Crippen molar-refractivity contribution in [3.05, 3.63) is 81.9 Å². The molecule has 0 aliphatic carbocycles. The van der Waals surface area contributed by atoms with Crippen molar-refractivity contribution in [2.45, 2.75) is 39.8 Å². The summed E-state index contributed by atoms with van der Waals surface area (Å²) in [5.41, 5.74) is 6.11. The minimum atomic E-state index is -4.94. The van der Waals surface area contributed by atoms with E-state index in [1.54, 1.807) is 12.4 Å². The van der Waals surface area contributed by atoms with Crippen molar-refractivity contribution < 1.29 is 102 Å². The summed E-state index contributed by atoms with van der Waals surface area (Å²) in [5, 5.41) is 34.3. The summed E-state index contributed by atoms with van der Waals surface area (Å²) < 4.78 is 67.9. The zero-order chi connectivity index (χ0) is 38.3. The molecule has 0 saturated carbocycles. The molecule has 0 amide bonds. The fraction of sp³-hybridized carbons (Fsp3) is 0.412. The molecule has 2 radical (unpaired) electrons. The van der Waals surface area contributed by atoms with E-state index in [0.29, 0.717) is 35.6 Å². The van der Waals surface area contributed by atoms with Gasteiger partial charge in [0.1, 0.15) is 0 Å². The average Bonchev–Trinajstić information content (AvgIpc) is 3.03. The third-order valence-electron chi connectivity index (χ3n) is 7.90. The van der Waals surface area contributed by atoms with Gasteiger partial charge in [-0.1, -0.05) is 59.0 Å². The van der Waals surface area contributed by atoms with Crippen LogP contribution in [0.1, 0.15) is 46.2 Å². The van der Waals surface area contributed by atoms with Gasteiger partial charge in [-0.15, -0.1) is 20.5 Å². The Morgan fingerprint density at radius 1 is 0.556 bits per heavy atom. The topological polar surface area (TPSA) is 286 Å². The fourth-order valence-electron chi connectivity index (χ4n) is 5.75. The summed E-state index contributed by atoms with van der Waals surface area (Å²) in [6.45, 7) is 12.4. The fourth-order valence-corrected chi connectivity index (χ4v) is 5.75. The van der Waals surface area contributed by atoms with Gasteiger partial charge in [-0.25, -0.2) is 37.3 Å². The molecule has 0 aromatic heterocycles. The van der Waals surface area contributed by atoms with Crippen LogP contribution in [-0.2, 0) is 47.2 Å². The monoisotopic (exact) mass is 890 g/mol. The summed E-state index contributed by atoms with van der Waals surface area (Å²) in [5.74, 6) is 0.0303. The largest absolute Gasteiger partial charge is 2.00 e. The molecule has 54 heavy (non-hydrogen) atoms. The van der Waals surface area contributed by atoms with Crippen molar-refractivity contribution in [3.63, 3.8) is 0 Å². The Labute approximate surface area is 340 Å². The van der Waals surface area contributed by atoms with Crippen molar-refractivity contribution in [1.82, 2.24) is 20.4 Å². The molecule has 3 aromatic rings. The SMILES string of the molecule is Cc1cc2c([O-])c(c1)CN1CCCNCCN(CCCNCC1)Cc1cc(C)cc(c1[O-])C=Nc1ccccc1N=C2.[Cu+2].[Cu+2].[O-][Cl+3]([O-])([O-])[O-].[O-][Cl+3]([O-])([O-])[O-]. The Bertz CT molecular complexity index is 1500. The molecule has 1 saturated heterocycles. The minimum Gasteiger partial charge on any atom is -0.872 e. The molecule has 3 heterocycles. The molecule has 1 fully saturated rings. The zero-order valence-corrected chi connectivity index (χ0v) is 32.9. The molecule has 16 nitrogen and oxygen atoms in total. The minimum absolute atomic E-state index is 0. The van der Waals surface area contributed by atoms with E-state index in [2.05, 4.69) is 30.4 Å². The quantitative estimate of drug-likeness (QED) is 0.199. The van der Waals surface area contributed by atoms with Crippen molar-refractivity contribution in [3.8, 4) is 11.5 Å². The molecule has 6 rings (SSSR count). The maximum atomic E-state index is 13.6. The molecule has 6 bridgehead atoms. The maximum Gasteiger partial charge on any atom is 2.00 e. The van der Waals surface area contributed by atoms with Gasteiger partial charge in [-0.3, -0.25) is 19.8 Å². The Morgan fingerprint density at radius 2 is 0.907 bits per heavy atom. The van der Waals surface area contributed by atoms with Crippen LogP contribution in [0.2, 0.25) is 0 Å². The molecule has 2 N–H and O–H groups in total. The molecule has 20 heteroatoms. The molecule has 2 unspecified atom stereocenters. The number of hydrogen-bond donors (Lipinski definition) is 2. The Hall–Kier alpha value is -2.26. The van der Waals surface area contributed by atoms with Gasteiger partial charge in [0.05, 0.1) is 11.4 Å². The number of benzene rings is 3. The van der Waals surface area contributed by atoms with E-state index in [1.807, 2.05) is 62.4 Å². The summed E-state index contributed by atoms with van der Waals surface area (Å²) in [6.07, 6.45) is 5.30. The van der Waals surface area contributed by atoms with Crippen molar-refractivity contribution in [1.29, 1.82) is 0 Å². The van der Waals surface area contributed by atoms with Gasteiger partial charge in [0.2, 0.25) is 0 Å². The van der Waals surface area contributed by atoms with Gasteiger partial charge >= 0.3 is 34.1 Å². The van der Waals surface area contributed by atoms with Crippen LogP contribution in [0.4, 0.5) is 11.4 Å². The number of para-hydroxylation sites is 2. The van der Waals surface area contributed by atoms with Gasteiger partial charge in [-0.2, -0.15) is 0 Å². The van der Waals surface area contributed by atoms with Crippen molar-refractivity contribution >= 4 is 23.8 Å². The summed E-state index contributed by atoms with van der Waals surface area (Å²) in [4.78, 5) is 14.1. The van der Waals surface area contributed by atoms with Crippen LogP contribution >= 0.6 is 0 Å².